The van der Waals surface area contributed by atoms with Gasteiger partial charge in [-0.1, -0.05) is 6.07 Å². The Morgan fingerprint density at radius 2 is 2.06 bits per heavy atom. The van der Waals surface area contributed by atoms with Gasteiger partial charge < -0.3 is 19.9 Å². The molecule has 4 heterocycles. The lowest BCUT2D eigenvalue weighted by atomic mass is 9.91. The van der Waals surface area contributed by atoms with Crippen LogP contribution in [0, 0.1) is 5.92 Å². The molecule has 162 valence electrons. The number of fused-ring (bicyclic) bond motifs is 2. The molecule has 2 aliphatic heterocycles. The Labute approximate surface area is 182 Å². The lowest BCUT2D eigenvalue weighted by Crippen LogP contribution is -2.35. The van der Waals surface area contributed by atoms with Crippen LogP contribution in [0.25, 0.3) is 22.2 Å². The number of aromatic nitrogens is 3. The topological polar surface area (TPSA) is 83.1 Å². The minimum atomic E-state index is -0.486. The first kappa shape index (κ1) is 20.0. The number of aromatic amines is 1. The predicted molar refractivity (Wildman–Crippen MR) is 122 cm³/mol. The normalized spacial score (nSPS) is 19.3. The summed E-state index contributed by atoms with van der Waals surface area (Å²) in [6.45, 7) is 7.10. The zero-order chi connectivity index (χ0) is 21.6. The maximum absolute atomic E-state index is 12.4. The van der Waals surface area contributed by atoms with Crippen LogP contribution in [-0.2, 0) is 0 Å². The molecule has 0 amide bonds. The molecule has 7 heteroatoms. The van der Waals surface area contributed by atoms with Crippen LogP contribution in [0.4, 0.5) is 5.95 Å². The van der Waals surface area contributed by atoms with Gasteiger partial charge in [-0.25, -0.2) is 4.98 Å². The van der Waals surface area contributed by atoms with Gasteiger partial charge in [0.1, 0.15) is 17.0 Å². The number of Topliss-reactive ketones (excluding diaryl/α,β-unsaturated/α-hetero) is 1. The number of hydrogen-bond donors (Lipinski definition) is 2. The van der Waals surface area contributed by atoms with Gasteiger partial charge in [-0.05, 0) is 70.4 Å². The molecule has 0 atom stereocenters. The van der Waals surface area contributed by atoms with Crippen molar-refractivity contribution in [3.05, 3.63) is 36.2 Å². The number of ether oxygens (including phenoxy) is 1. The summed E-state index contributed by atoms with van der Waals surface area (Å²) >= 11 is 0. The minimum Gasteiger partial charge on any atom is -0.487 e. The predicted octanol–water partition coefficient (Wildman–Crippen LogP) is 4.12. The summed E-state index contributed by atoms with van der Waals surface area (Å²) in [4.78, 5) is 27.3. The van der Waals surface area contributed by atoms with Gasteiger partial charge in [0.15, 0.2) is 5.78 Å². The molecule has 0 saturated carbocycles. The summed E-state index contributed by atoms with van der Waals surface area (Å²) in [5.74, 6) is 2.09. The second-order valence-electron chi connectivity index (χ2n) is 9.46. The van der Waals surface area contributed by atoms with Crippen molar-refractivity contribution in [2.24, 2.45) is 5.92 Å². The van der Waals surface area contributed by atoms with Gasteiger partial charge in [-0.2, -0.15) is 4.98 Å². The van der Waals surface area contributed by atoms with E-state index >= 15 is 0 Å². The van der Waals surface area contributed by atoms with Crippen molar-refractivity contribution in [1.29, 1.82) is 0 Å². The molecular formula is C24H29N5O2. The molecule has 0 spiro atoms. The molecule has 7 nitrogen and oxygen atoms in total. The van der Waals surface area contributed by atoms with Gasteiger partial charge in [0, 0.05) is 29.9 Å². The zero-order valence-electron chi connectivity index (χ0n) is 18.4. The first-order valence-electron chi connectivity index (χ1n) is 11.0. The van der Waals surface area contributed by atoms with Crippen LogP contribution in [0.15, 0.2) is 30.6 Å². The summed E-state index contributed by atoms with van der Waals surface area (Å²) in [5.41, 5.74) is 2.94. The van der Waals surface area contributed by atoms with E-state index in [0.29, 0.717) is 29.6 Å². The number of piperidine rings is 1. The highest BCUT2D eigenvalue weighted by Crippen LogP contribution is 2.37. The number of anilines is 1. The molecule has 1 fully saturated rings. The summed E-state index contributed by atoms with van der Waals surface area (Å²) < 4.78 is 6.08. The molecule has 2 N–H and O–H groups in total. The quantitative estimate of drug-likeness (QED) is 0.662. The molecule has 1 saturated heterocycles. The number of likely N-dealkylation sites (tertiary alicyclic amines) is 1. The second kappa shape index (κ2) is 7.64. The summed E-state index contributed by atoms with van der Waals surface area (Å²) in [5, 5.41) is 4.36. The number of nitrogens with zero attached hydrogens (tertiary/aromatic N) is 3. The molecule has 31 heavy (non-hydrogen) atoms. The first-order chi connectivity index (χ1) is 14.9. The first-order valence-corrected chi connectivity index (χ1v) is 11.0. The number of carbonyl (C=O) groups is 1. The van der Waals surface area contributed by atoms with Crippen LogP contribution in [0.2, 0.25) is 0 Å². The van der Waals surface area contributed by atoms with Crippen LogP contribution >= 0.6 is 0 Å². The van der Waals surface area contributed by atoms with Crippen LogP contribution in [-0.4, -0.2) is 57.9 Å². The average Bonchev–Trinajstić information content (AvgIpc) is 3.15. The van der Waals surface area contributed by atoms with E-state index in [1.54, 1.807) is 0 Å². The fraction of sp³-hybridized carbons (Fsp3) is 0.458. The Bertz CT molecular complexity index is 1130. The molecule has 0 bridgehead atoms. The van der Waals surface area contributed by atoms with E-state index in [2.05, 4.69) is 32.2 Å². The Morgan fingerprint density at radius 3 is 2.87 bits per heavy atom. The van der Waals surface area contributed by atoms with Gasteiger partial charge in [-0.15, -0.1) is 0 Å². The van der Waals surface area contributed by atoms with E-state index in [0.717, 1.165) is 41.8 Å². The molecule has 0 unspecified atom stereocenters. The highest BCUT2D eigenvalue weighted by Gasteiger charge is 2.32. The molecule has 3 aromatic rings. The molecule has 1 aromatic carbocycles. The smallest absolute Gasteiger partial charge is 0.224 e. The van der Waals surface area contributed by atoms with Gasteiger partial charge in [0.2, 0.25) is 5.95 Å². The lowest BCUT2D eigenvalue weighted by Gasteiger charge is -2.31. The Balaban J connectivity index is 1.36. The molecular weight excluding hydrogens is 390 g/mol. The number of hydrogen-bond acceptors (Lipinski definition) is 6. The Kier molecular flexibility index (Phi) is 4.93. The van der Waals surface area contributed by atoms with Gasteiger partial charge >= 0.3 is 0 Å². The van der Waals surface area contributed by atoms with Gasteiger partial charge in [-0.3, -0.25) is 4.79 Å². The van der Waals surface area contributed by atoms with Crippen molar-refractivity contribution in [2.45, 2.75) is 38.7 Å². The number of nitrogens with one attached hydrogen (secondary N) is 2. The van der Waals surface area contributed by atoms with Crippen molar-refractivity contribution in [3.63, 3.8) is 0 Å². The second-order valence-corrected chi connectivity index (χ2v) is 9.46. The van der Waals surface area contributed by atoms with Crippen molar-refractivity contribution in [1.82, 2.24) is 19.9 Å². The molecule has 0 aliphatic carbocycles. The summed E-state index contributed by atoms with van der Waals surface area (Å²) in [6.07, 6.45) is 6.61. The Hall–Kier alpha value is -2.93. The fourth-order valence-corrected chi connectivity index (χ4v) is 4.55. The summed E-state index contributed by atoms with van der Waals surface area (Å²) in [6, 6.07) is 5.77. The number of rotatable bonds is 4. The lowest BCUT2D eigenvalue weighted by molar-refractivity contribution is 0.0620. The van der Waals surface area contributed by atoms with Gasteiger partial charge in [0.05, 0.1) is 12.0 Å². The molecule has 5 rings (SSSR count). The van der Waals surface area contributed by atoms with E-state index in [1.165, 1.54) is 12.8 Å². The fourth-order valence-electron chi connectivity index (χ4n) is 4.55. The average molecular weight is 420 g/mol. The van der Waals surface area contributed by atoms with Gasteiger partial charge in [0.25, 0.3) is 0 Å². The third-order valence-electron chi connectivity index (χ3n) is 6.38. The number of ketones is 1. The zero-order valence-corrected chi connectivity index (χ0v) is 18.4. The standard InChI is InChI=1S/C24H29N5O2/c1-24(2)11-20(30)17-5-4-16(10-21(17)31-24)18-13-25-22-19(18)14-27-23(28-22)26-12-15-6-8-29(3)9-7-15/h4-5,10,13-15H,6-9,11-12H2,1-3H3,(H2,25,26,27,28). The van der Waals surface area contributed by atoms with E-state index < -0.39 is 5.60 Å². The van der Waals surface area contributed by atoms with Crippen LogP contribution in [0.1, 0.15) is 43.5 Å². The number of carbonyl (C=O) groups excluding carboxylic acids is 1. The largest absolute Gasteiger partial charge is 0.487 e. The molecule has 2 aromatic heterocycles. The SMILES string of the molecule is CN1CCC(CNc2ncc3c(-c4ccc5c(c4)OC(C)(C)CC5=O)c[nH]c3n2)CC1. The third kappa shape index (κ3) is 4.02. The maximum Gasteiger partial charge on any atom is 0.224 e. The molecule has 2 aliphatic rings. The minimum absolute atomic E-state index is 0.125. The van der Waals surface area contributed by atoms with Crippen LogP contribution in [0.3, 0.4) is 0 Å². The van der Waals surface area contributed by atoms with Crippen molar-refractivity contribution >= 4 is 22.8 Å². The van der Waals surface area contributed by atoms with E-state index in [-0.39, 0.29) is 5.78 Å². The molecule has 0 radical (unpaired) electrons. The Morgan fingerprint density at radius 1 is 1.26 bits per heavy atom. The number of benzene rings is 1. The monoisotopic (exact) mass is 419 g/mol. The van der Waals surface area contributed by atoms with Crippen LogP contribution in [0.5, 0.6) is 5.75 Å². The highest BCUT2D eigenvalue weighted by molar-refractivity contribution is 6.02. The van der Waals surface area contributed by atoms with E-state index in [4.69, 9.17) is 4.74 Å². The van der Waals surface area contributed by atoms with Crippen molar-refractivity contribution in [2.75, 3.05) is 32.0 Å². The summed E-state index contributed by atoms with van der Waals surface area (Å²) in [7, 11) is 2.18. The van der Waals surface area contributed by atoms with Crippen molar-refractivity contribution in [3.8, 4) is 16.9 Å². The highest BCUT2D eigenvalue weighted by atomic mass is 16.5. The van der Waals surface area contributed by atoms with Crippen molar-refractivity contribution < 1.29 is 9.53 Å². The maximum atomic E-state index is 12.4. The van der Waals surface area contributed by atoms with E-state index in [1.807, 2.05) is 44.4 Å². The van der Waals surface area contributed by atoms with E-state index in [9.17, 15) is 4.79 Å². The van der Waals surface area contributed by atoms with Crippen LogP contribution < -0.4 is 10.1 Å². The number of H-pyrrole nitrogens is 1. The third-order valence-corrected chi connectivity index (χ3v) is 6.38.